The second-order valence-corrected chi connectivity index (χ2v) is 6.60. The van der Waals surface area contributed by atoms with Gasteiger partial charge in [0.1, 0.15) is 18.4 Å². The number of hydrogen-bond acceptors (Lipinski definition) is 4. The van der Waals surface area contributed by atoms with Crippen LogP contribution in [0.3, 0.4) is 0 Å². The summed E-state index contributed by atoms with van der Waals surface area (Å²) in [6.07, 6.45) is -0.512. The van der Waals surface area contributed by atoms with Gasteiger partial charge in [-0.05, 0) is 38.1 Å². The molecule has 7 heteroatoms. The number of rotatable bonds is 7. The molecule has 0 aliphatic heterocycles. The summed E-state index contributed by atoms with van der Waals surface area (Å²) in [4.78, 5) is 11.8. The van der Waals surface area contributed by atoms with Gasteiger partial charge in [0.25, 0.3) is 0 Å². The number of nitriles is 1. The summed E-state index contributed by atoms with van der Waals surface area (Å²) in [5.74, 6) is 1.11. The number of carbonyl (C=O) groups excluding carboxylic acids is 1. The van der Waals surface area contributed by atoms with Gasteiger partial charge in [0.2, 0.25) is 0 Å². The molecule has 0 unspecified atom stereocenters. The van der Waals surface area contributed by atoms with Gasteiger partial charge >= 0.3 is 6.09 Å². The quantitative estimate of drug-likeness (QED) is 0.529. The average molecular weight is 412 g/mol. The summed E-state index contributed by atoms with van der Waals surface area (Å²) in [7, 11) is 0. The minimum absolute atomic E-state index is 0.294. The van der Waals surface area contributed by atoms with Crippen LogP contribution in [-0.4, -0.2) is 29.8 Å². The molecule has 0 bridgehead atoms. The zero-order valence-electron chi connectivity index (χ0n) is 16.4. The van der Waals surface area contributed by atoms with Crippen LogP contribution in [0.5, 0.6) is 5.75 Å². The molecule has 1 amide bonds. The smallest absolute Gasteiger partial charge is 0.411 e. The number of nitrogens with one attached hydrogen (secondary N) is 1. The molecule has 0 aliphatic rings. The Morgan fingerprint density at radius 2 is 2.07 bits per heavy atom. The number of anilines is 1. The Hall–Kier alpha value is -3.17. The number of hydrogen-bond donors (Lipinski definition) is 1. The van der Waals surface area contributed by atoms with Crippen molar-refractivity contribution in [2.75, 3.05) is 24.4 Å². The first kappa shape index (κ1) is 20.6. The number of aromatic nitrogens is 1. The highest BCUT2D eigenvalue weighted by atomic mass is 35.5. The van der Waals surface area contributed by atoms with E-state index in [4.69, 9.17) is 21.1 Å². The van der Waals surface area contributed by atoms with E-state index >= 15 is 0 Å². The number of benzene rings is 2. The van der Waals surface area contributed by atoms with E-state index in [1.165, 1.54) is 0 Å². The van der Waals surface area contributed by atoms with Crippen LogP contribution < -0.4 is 10.1 Å². The molecule has 2 aromatic carbocycles. The standard InChI is InChI=1S/C22H22ClN3O3/c1-3-26-20-13-17(29-11-10-23)8-9-18(20)19(14-24)21(26)15-6-5-7-16(12-15)25-22(27)28-4-2/h5-9,12-13H,3-4,10-11H2,1-2H3,(H,25,27). The lowest BCUT2D eigenvalue weighted by Crippen LogP contribution is -2.13. The third-order valence-corrected chi connectivity index (χ3v) is 4.62. The van der Waals surface area contributed by atoms with Crippen LogP contribution in [0.15, 0.2) is 42.5 Å². The van der Waals surface area contributed by atoms with Crippen LogP contribution in [0.4, 0.5) is 10.5 Å². The van der Waals surface area contributed by atoms with Gasteiger partial charge in [-0.3, -0.25) is 5.32 Å². The topological polar surface area (TPSA) is 76.3 Å². The van der Waals surface area contributed by atoms with E-state index < -0.39 is 6.09 Å². The van der Waals surface area contributed by atoms with Crippen molar-refractivity contribution >= 4 is 34.3 Å². The van der Waals surface area contributed by atoms with Gasteiger partial charge in [-0.15, -0.1) is 11.6 Å². The van der Waals surface area contributed by atoms with E-state index in [9.17, 15) is 10.1 Å². The Labute approximate surface area is 174 Å². The van der Waals surface area contributed by atoms with Crippen molar-refractivity contribution in [3.05, 3.63) is 48.0 Å². The number of alkyl halides is 1. The van der Waals surface area contributed by atoms with Crippen LogP contribution in [0.25, 0.3) is 22.2 Å². The predicted octanol–water partition coefficient (Wildman–Crippen LogP) is 5.39. The van der Waals surface area contributed by atoms with Crippen LogP contribution >= 0.6 is 11.6 Å². The molecule has 0 fully saturated rings. The third kappa shape index (κ3) is 4.30. The monoisotopic (exact) mass is 411 g/mol. The van der Waals surface area contributed by atoms with E-state index in [0.717, 1.165) is 22.2 Å². The van der Waals surface area contributed by atoms with Crippen molar-refractivity contribution < 1.29 is 14.3 Å². The molecule has 0 atom stereocenters. The second-order valence-electron chi connectivity index (χ2n) is 6.22. The summed E-state index contributed by atoms with van der Waals surface area (Å²) in [6.45, 7) is 5.15. The van der Waals surface area contributed by atoms with Gasteiger partial charge in [0, 0.05) is 29.2 Å². The molecule has 3 aromatic rings. The van der Waals surface area contributed by atoms with Gasteiger partial charge in [-0.2, -0.15) is 5.26 Å². The van der Waals surface area contributed by atoms with E-state index in [1.807, 2.05) is 43.3 Å². The summed E-state index contributed by atoms with van der Waals surface area (Å²) < 4.78 is 12.7. The van der Waals surface area contributed by atoms with Crippen molar-refractivity contribution in [1.82, 2.24) is 4.57 Å². The lowest BCUT2D eigenvalue weighted by Gasteiger charge is -2.11. The zero-order valence-corrected chi connectivity index (χ0v) is 17.1. The molecule has 150 valence electrons. The lowest BCUT2D eigenvalue weighted by atomic mass is 10.1. The van der Waals surface area contributed by atoms with Gasteiger partial charge in [-0.1, -0.05) is 12.1 Å². The largest absolute Gasteiger partial charge is 0.492 e. The first-order valence-corrected chi connectivity index (χ1v) is 9.95. The van der Waals surface area contributed by atoms with Crippen LogP contribution in [0.2, 0.25) is 0 Å². The van der Waals surface area contributed by atoms with E-state index in [1.54, 1.807) is 13.0 Å². The van der Waals surface area contributed by atoms with E-state index in [0.29, 0.717) is 42.6 Å². The van der Waals surface area contributed by atoms with Crippen molar-refractivity contribution in [3.8, 4) is 23.1 Å². The Morgan fingerprint density at radius 3 is 2.76 bits per heavy atom. The molecule has 3 rings (SSSR count). The maximum absolute atomic E-state index is 11.8. The SMILES string of the molecule is CCOC(=O)Nc1cccc(-c2c(C#N)c3ccc(OCCCl)cc3n2CC)c1. The molecule has 1 N–H and O–H groups in total. The van der Waals surface area contributed by atoms with Crippen LogP contribution in [0, 0.1) is 11.3 Å². The van der Waals surface area contributed by atoms with Gasteiger partial charge in [-0.25, -0.2) is 4.79 Å². The molecule has 1 aromatic heterocycles. The molecule has 1 heterocycles. The Bertz CT molecular complexity index is 1070. The van der Waals surface area contributed by atoms with Crippen molar-refractivity contribution in [1.29, 1.82) is 5.26 Å². The van der Waals surface area contributed by atoms with E-state index in [-0.39, 0.29) is 0 Å². The summed E-state index contributed by atoms with van der Waals surface area (Å²) in [6, 6.07) is 15.4. The molecule has 0 radical (unpaired) electrons. The third-order valence-electron chi connectivity index (χ3n) is 4.47. The van der Waals surface area contributed by atoms with Crippen molar-refractivity contribution in [2.24, 2.45) is 0 Å². The Kier molecular flexibility index (Phi) is 6.63. The number of carbonyl (C=O) groups is 1. The fraction of sp³-hybridized carbons (Fsp3) is 0.273. The molecule has 6 nitrogen and oxygen atoms in total. The van der Waals surface area contributed by atoms with Crippen LogP contribution in [0.1, 0.15) is 19.4 Å². The summed E-state index contributed by atoms with van der Waals surface area (Å²) >= 11 is 5.72. The minimum Gasteiger partial charge on any atom is -0.492 e. The Morgan fingerprint density at radius 1 is 1.24 bits per heavy atom. The lowest BCUT2D eigenvalue weighted by molar-refractivity contribution is 0.168. The Balaban J connectivity index is 2.11. The predicted molar refractivity (Wildman–Crippen MR) is 115 cm³/mol. The van der Waals surface area contributed by atoms with Gasteiger partial charge < -0.3 is 14.0 Å². The molecule has 0 spiro atoms. The molecule has 29 heavy (non-hydrogen) atoms. The maximum Gasteiger partial charge on any atom is 0.411 e. The average Bonchev–Trinajstić information content (AvgIpc) is 3.05. The fourth-order valence-electron chi connectivity index (χ4n) is 3.35. The van der Waals surface area contributed by atoms with Crippen molar-refractivity contribution in [2.45, 2.75) is 20.4 Å². The second kappa shape index (κ2) is 9.35. The minimum atomic E-state index is -0.512. The van der Waals surface area contributed by atoms with E-state index in [2.05, 4.69) is 16.0 Å². The number of amides is 1. The molecule has 0 saturated carbocycles. The fourth-order valence-corrected chi connectivity index (χ4v) is 3.42. The summed E-state index contributed by atoms with van der Waals surface area (Å²) in [5, 5.41) is 13.4. The molecule has 0 saturated heterocycles. The maximum atomic E-state index is 11.8. The number of halogens is 1. The normalized spacial score (nSPS) is 10.6. The molecule has 0 aliphatic carbocycles. The highest BCUT2D eigenvalue weighted by Crippen LogP contribution is 2.36. The molecular formula is C22H22ClN3O3. The number of nitrogens with zero attached hydrogens (tertiary/aromatic N) is 2. The van der Waals surface area contributed by atoms with Crippen molar-refractivity contribution in [3.63, 3.8) is 0 Å². The highest BCUT2D eigenvalue weighted by Gasteiger charge is 2.19. The van der Waals surface area contributed by atoms with Crippen LogP contribution in [-0.2, 0) is 11.3 Å². The highest BCUT2D eigenvalue weighted by molar-refractivity contribution is 6.18. The molecular weight excluding hydrogens is 390 g/mol. The zero-order chi connectivity index (χ0) is 20.8. The number of aryl methyl sites for hydroxylation is 1. The first-order valence-electron chi connectivity index (χ1n) is 9.42. The first-order chi connectivity index (χ1) is 14.1. The van der Waals surface area contributed by atoms with Gasteiger partial charge in [0.05, 0.1) is 29.3 Å². The summed E-state index contributed by atoms with van der Waals surface area (Å²) in [5.41, 5.74) is 3.72. The van der Waals surface area contributed by atoms with Gasteiger partial charge in [0.15, 0.2) is 0 Å². The number of ether oxygens (including phenoxy) is 2. The number of fused-ring (bicyclic) bond motifs is 1.